The van der Waals surface area contributed by atoms with Crippen molar-refractivity contribution in [1.82, 2.24) is 20.2 Å². The van der Waals surface area contributed by atoms with E-state index in [1.165, 1.54) is 5.56 Å². The average molecular weight is 328 g/mol. The standard InChI is InChI=1S/C18H24N4O2/c1-13-5-3-4-6-14(13)10-21-17(23)12-22-11-15(24-2)9-16(22)18-19-7-8-20-18/h3-8,15-16H,9-12H2,1-2H3,(H,19,20)(H,21,23)/t15-,16?/m1/s1. The summed E-state index contributed by atoms with van der Waals surface area (Å²) < 4.78 is 5.48. The minimum absolute atomic E-state index is 0.0200. The van der Waals surface area contributed by atoms with E-state index in [-0.39, 0.29) is 18.1 Å². The van der Waals surface area contributed by atoms with Crippen LogP contribution in [0.2, 0.25) is 0 Å². The van der Waals surface area contributed by atoms with Gasteiger partial charge in [-0.3, -0.25) is 9.69 Å². The monoisotopic (exact) mass is 328 g/mol. The molecule has 1 aromatic carbocycles. The van der Waals surface area contributed by atoms with Gasteiger partial charge in [0, 0.05) is 32.6 Å². The summed E-state index contributed by atoms with van der Waals surface area (Å²) in [6, 6.07) is 8.18. The largest absolute Gasteiger partial charge is 0.380 e. The lowest BCUT2D eigenvalue weighted by molar-refractivity contribution is -0.122. The molecule has 6 heteroatoms. The molecule has 0 aliphatic carbocycles. The molecule has 1 fully saturated rings. The topological polar surface area (TPSA) is 70.2 Å². The Bertz CT molecular complexity index is 671. The first-order chi connectivity index (χ1) is 11.7. The minimum Gasteiger partial charge on any atom is -0.380 e. The molecule has 2 atom stereocenters. The first-order valence-corrected chi connectivity index (χ1v) is 8.24. The summed E-state index contributed by atoms with van der Waals surface area (Å²) in [6.07, 6.45) is 4.52. The van der Waals surface area contributed by atoms with Crippen molar-refractivity contribution < 1.29 is 9.53 Å². The van der Waals surface area contributed by atoms with E-state index in [1.54, 1.807) is 13.3 Å². The Balaban J connectivity index is 1.59. The molecule has 1 amide bonds. The van der Waals surface area contributed by atoms with Crippen LogP contribution in [0.4, 0.5) is 0 Å². The summed E-state index contributed by atoms with van der Waals surface area (Å²) in [5.41, 5.74) is 2.33. The number of H-pyrrole nitrogens is 1. The van der Waals surface area contributed by atoms with Gasteiger partial charge in [0.2, 0.25) is 5.91 Å². The highest BCUT2D eigenvalue weighted by molar-refractivity contribution is 5.78. The van der Waals surface area contributed by atoms with Crippen LogP contribution < -0.4 is 5.32 Å². The highest BCUT2D eigenvalue weighted by Gasteiger charge is 2.35. The number of likely N-dealkylation sites (tertiary alicyclic amines) is 1. The fourth-order valence-electron chi connectivity index (χ4n) is 3.19. The second-order valence-corrected chi connectivity index (χ2v) is 6.22. The molecule has 0 spiro atoms. The van der Waals surface area contributed by atoms with Gasteiger partial charge in [0.15, 0.2) is 0 Å². The van der Waals surface area contributed by atoms with E-state index in [4.69, 9.17) is 4.74 Å². The summed E-state index contributed by atoms with van der Waals surface area (Å²) in [4.78, 5) is 22.0. The van der Waals surface area contributed by atoms with Crippen LogP contribution >= 0.6 is 0 Å². The lowest BCUT2D eigenvalue weighted by Crippen LogP contribution is -2.37. The number of nitrogens with zero attached hydrogens (tertiary/aromatic N) is 2. The molecule has 0 saturated carbocycles. The van der Waals surface area contributed by atoms with Gasteiger partial charge in [0.05, 0.1) is 18.7 Å². The molecule has 2 N–H and O–H groups in total. The zero-order valence-electron chi connectivity index (χ0n) is 14.2. The SMILES string of the molecule is CO[C@@H]1CC(c2ncc[nH]2)N(CC(=O)NCc2ccccc2C)C1. The number of rotatable bonds is 6. The molecule has 1 saturated heterocycles. The minimum atomic E-state index is 0.0200. The van der Waals surface area contributed by atoms with Gasteiger partial charge in [-0.05, 0) is 24.5 Å². The number of methoxy groups -OCH3 is 1. The van der Waals surface area contributed by atoms with E-state index in [0.717, 1.165) is 24.4 Å². The van der Waals surface area contributed by atoms with E-state index in [1.807, 2.05) is 24.4 Å². The van der Waals surface area contributed by atoms with Crippen molar-refractivity contribution in [2.24, 2.45) is 0 Å². The smallest absolute Gasteiger partial charge is 0.234 e. The van der Waals surface area contributed by atoms with E-state index < -0.39 is 0 Å². The number of hydrogen-bond donors (Lipinski definition) is 2. The second-order valence-electron chi connectivity index (χ2n) is 6.22. The van der Waals surface area contributed by atoms with E-state index in [2.05, 4.69) is 33.2 Å². The number of ether oxygens (including phenoxy) is 1. The molecule has 0 radical (unpaired) electrons. The van der Waals surface area contributed by atoms with Crippen LogP contribution in [-0.2, 0) is 16.1 Å². The highest BCUT2D eigenvalue weighted by atomic mass is 16.5. The maximum absolute atomic E-state index is 12.4. The Morgan fingerprint density at radius 1 is 1.46 bits per heavy atom. The number of aromatic amines is 1. The number of hydrogen-bond acceptors (Lipinski definition) is 4. The average Bonchev–Trinajstić information content (AvgIpc) is 3.23. The Hall–Kier alpha value is -2.18. The summed E-state index contributed by atoms with van der Waals surface area (Å²) >= 11 is 0. The van der Waals surface area contributed by atoms with Gasteiger partial charge in [-0.25, -0.2) is 4.98 Å². The van der Waals surface area contributed by atoms with Crippen molar-refractivity contribution in [2.75, 3.05) is 20.2 Å². The molecule has 2 heterocycles. The number of imidazole rings is 1. The van der Waals surface area contributed by atoms with Crippen molar-refractivity contribution >= 4 is 5.91 Å². The fraction of sp³-hybridized carbons (Fsp3) is 0.444. The molecule has 3 rings (SSSR count). The van der Waals surface area contributed by atoms with Crippen LogP contribution in [0, 0.1) is 6.92 Å². The maximum atomic E-state index is 12.4. The van der Waals surface area contributed by atoms with E-state index in [9.17, 15) is 4.79 Å². The number of aromatic nitrogens is 2. The molecule has 2 aromatic rings. The Kier molecular flexibility index (Phi) is 5.27. The molecule has 1 unspecified atom stereocenters. The quantitative estimate of drug-likeness (QED) is 0.848. The van der Waals surface area contributed by atoms with Gasteiger partial charge in [-0.15, -0.1) is 0 Å². The zero-order valence-corrected chi connectivity index (χ0v) is 14.2. The van der Waals surface area contributed by atoms with Crippen molar-refractivity contribution in [3.05, 3.63) is 53.6 Å². The van der Waals surface area contributed by atoms with Crippen molar-refractivity contribution in [3.63, 3.8) is 0 Å². The number of aryl methyl sites for hydroxylation is 1. The Labute approximate surface area is 142 Å². The predicted molar refractivity (Wildman–Crippen MR) is 91.3 cm³/mol. The van der Waals surface area contributed by atoms with Gasteiger partial charge < -0.3 is 15.0 Å². The molecule has 1 aliphatic rings. The van der Waals surface area contributed by atoms with Gasteiger partial charge in [-0.1, -0.05) is 24.3 Å². The van der Waals surface area contributed by atoms with Crippen molar-refractivity contribution in [3.8, 4) is 0 Å². The molecule has 1 aliphatic heterocycles. The van der Waals surface area contributed by atoms with Gasteiger partial charge >= 0.3 is 0 Å². The zero-order chi connectivity index (χ0) is 16.9. The number of amides is 1. The van der Waals surface area contributed by atoms with Crippen LogP contribution in [0.3, 0.4) is 0 Å². The van der Waals surface area contributed by atoms with Crippen molar-refractivity contribution in [2.45, 2.75) is 32.0 Å². The van der Waals surface area contributed by atoms with Crippen LogP contribution in [-0.4, -0.2) is 47.1 Å². The first-order valence-electron chi connectivity index (χ1n) is 8.24. The Morgan fingerprint density at radius 3 is 3.00 bits per heavy atom. The summed E-state index contributed by atoms with van der Waals surface area (Å²) in [7, 11) is 1.71. The third-order valence-electron chi connectivity index (χ3n) is 4.62. The predicted octanol–water partition coefficient (Wildman–Crippen LogP) is 1.80. The summed E-state index contributed by atoms with van der Waals surface area (Å²) in [5.74, 6) is 0.910. The number of nitrogens with one attached hydrogen (secondary N) is 2. The maximum Gasteiger partial charge on any atom is 0.234 e. The lowest BCUT2D eigenvalue weighted by atomic mass is 10.1. The summed E-state index contributed by atoms with van der Waals surface area (Å²) in [6.45, 7) is 3.69. The fourth-order valence-corrected chi connectivity index (χ4v) is 3.19. The van der Waals surface area contributed by atoms with Gasteiger partial charge in [0.25, 0.3) is 0 Å². The highest BCUT2D eigenvalue weighted by Crippen LogP contribution is 2.30. The van der Waals surface area contributed by atoms with Crippen molar-refractivity contribution in [1.29, 1.82) is 0 Å². The number of carbonyl (C=O) groups excluding carboxylic acids is 1. The lowest BCUT2D eigenvalue weighted by Gasteiger charge is -2.22. The molecular formula is C18H24N4O2. The molecule has 24 heavy (non-hydrogen) atoms. The number of benzene rings is 1. The third kappa shape index (κ3) is 3.83. The first kappa shape index (κ1) is 16.7. The van der Waals surface area contributed by atoms with Crippen LogP contribution in [0.15, 0.2) is 36.7 Å². The van der Waals surface area contributed by atoms with E-state index >= 15 is 0 Å². The molecule has 1 aromatic heterocycles. The third-order valence-corrected chi connectivity index (χ3v) is 4.62. The molecular weight excluding hydrogens is 304 g/mol. The normalized spacial score (nSPS) is 21.1. The van der Waals surface area contributed by atoms with Gasteiger partial charge in [0.1, 0.15) is 5.82 Å². The summed E-state index contributed by atoms with van der Waals surface area (Å²) in [5, 5.41) is 3.01. The van der Waals surface area contributed by atoms with Crippen LogP contribution in [0.1, 0.15) is 29.4 Å². The molecule has 128 valence electrons. The Morgan fingerprint density at radius 2 is 2.29 bits per heavy atom. The van der Waals surface area contributed by atoms with Crippen LogP contribution in [0.25, 0.3) is 0 Å². The van der Waals surface area contributed by atoms with E-state index in [0.29, 0.717) is 13.1 Å². The van der Waals surface area contributed by atoms with Crippen LogP contribution in [0.5, 0.6) is 0 Å². The molecule has 6 nitrogen and oxygen atoms in total. The van der Waals surface area contributed by atoms with Gasteiger partial charge in [-0.2, -0.15) is 0 Å². The number of carbonyl (C=O) groups is 1. The molecule has 0 bridgehead atoms. The second kappa shape index (κ2) is 7.59.